The van der Waals surface area contributed by atoms with Gasteiger partial charge in [0, 0.05) is 31.8 Å². The van der Waals surface area contributed by atoms with Gasteiger partial charge in [0.2, 0.25) is 5.91 Å². The summed E-state index contributed by atoms with van der Waals surface area (Å²) in [6.45, 7) is 2.42. The first-order chi connectivity index (χ1) is 11.9. The Morgan fingerprint density at radius 2 is 1.68 bits per heavy atom. The third-order valence-corrected chi connectivity index (χ3v) is 5.42. The average Bonchev–Trinajstić information content (AvgIpc) is 3.28. The number of ether oxygens (including phenoxy) is 2. The minimum absolute atomic E-state index is 0.0321. The molecule has 4 nitrogen and oxygen atoms in total. The largest absolute Gasteiger partial charge is 0.416 e. The van der Waals surface area contributed by atoms with E-state index in [9.17, 15) is 18.0 Å². The smallest absolute Gasteiger partial charge is 0.347 e. The molecule has 2 saturated heterocycles. The predicted molar refractivity (Wildman–Crippen MR) is 82.7 cm³/mol. The Hall–Kier alpha value is -1.60. The van der Waals surface area contributed by atoms with Crippen LogP contribution in [0.15, 0.2) is 24.3 Å². The van der Waals surface area contributed by atoms with Gasteiger partial charge in [-0.05, 0) is 30.0 Å². The highest BCUT2D eigenvalue weighted by Gasteiger charge is 2.48. The van der Waals surface area contributed by atoms with E-state index in [1.807, 2.05) is 4.90 Å². The Bertz CT molecular complexity index is 643. The first-order valence-electron chi connectivity index (χ1n) is 8.62. The molecule has 1 spiro atoms. The lowest BCUT2D eigenvalue weighted by molar-refractivity contribution is -0.187. The average molecular weight is 355 g/mol. The molecule has 1 saturated carbocycles. The number of nitrogens with zero attached hydrogens (tertiary/aromatic N) is 1. The zero-order valence-electron chi connectivity index (χ0n) is 13.7. The quantitative estimate of drug-likeness (QED) is 0.818. The molecule has 2 atom stereocenters. The van der Waals surface area contributed by atoms with E-state index in [4.69, 9.17) is 9.47 Å². The minimum atomic E-state index is -4.33. The van der Waals surface area contributed by atoms with Crippen LogP contribution in [0.5, 0.6) is 0 Å². The summed E-state index contributed by atoms with van der Waals surface area (Å²) in [7, 11) is 0. The maximum absolute atomic E-state index is 12.6. The van der Waals surface area contributed by atoms with Gasteiger partial charge in [-0.1, -0.05) is 12.1 Å². The van der Waals surface area contributed by atoms with Crippen molar-refractivity contribution in [2.75, 3.05) is 26.3 Å². The Labute approximate surface area is 143 Å². The summed E-state index contributed by atoms with van der Waals surface area (Å²) in [4.78, 5) is 14.5. The van der Waals surface area contributed by atoms with Gasteiger partial charge < -0.3 is 14.4 Å². The number of hydrogen-bond donors (Lipinski definition) is 0. The summed E-state index contributed by atoms with van der Waals surface area (Å²) in [6.07, 6.45) is -2.27. The van der Waals surface area contributed by atoms with Crippen LogP contribution in [-0.2, 0) is 20.4 Å². The summed E-state index contributed by atoms with van der Waals surface area (Å²) in [5, 5.41) is 0. The van der Waals surface area contributed by atoms with E-state index in [-0.39, 0.29) is 17.7 Å². The zero-order valence-corrected chi connectivity index (χ0v) is 13.7. The number of amides is 1. The van der Waals surface area contributed by atoms with Crippen molar-refractivity contribution < 1.29 is 27.4 Å². The lowest BCUT2D eigenvalue weighted by Crippen LogP contribution is -2.47. The predicted octanol–water partition coefficient (Wildman–Crippen LogP) is 3.17. The van der Waals surface area contributed by atoms with E-state index in [1.54, 1.807) is 0 Å². The van der Waals surface area contributed by atoms with Gasteiger partial charge in [-0.25, -0.2) is 0 Å². The highest BCUT2D eigenvalue weighted by Crippen LogP contribution is 2.49. The van der Waals surface area contributed by atoms with Crippen molar-refractivity contribution in [3.8, 4) is 0 Å². The topological polar surface area (TPSA) is 38.8 Å². The van der Waals surface area contributed by atoms with Crippen molar-refractivity contribution in [1.29, 1.82) is 0 Å². The molecule has 1 amide bonds. The Morgan fingerprint density at radius 1 is 1.08 bits per heavy atom. The van der Waals surface area contributed by atoms with Crippen LogP contribution in [0.1, 0.15) is 36.3 Å². The molecule has 1 aromatic carbocycles. The van der Waals surface area contributed by atoms with Gasteiger partial charge in [-0.3, -0.25) is 4.79 Å². The molecule has 0 radical (unpaired) electrons. The summed E-state index contributed by atoms with van der Waals surface area (Å²) in [5.41, 5.74) is 0.153. The van der Waals surface area contributed by atoms with Gasteiger partial charge >= 0.3 is 6.18 Å². The van der Waals surface area contributed by atoms with Crippen molar-refractivity contribution >= 4 is 5.91 Å². The van der Waals surface area contributed by atoms with E-state index < -0.39 is 17.5 Å². The second kappa shape index (κ2) is 5.99. The zero-order chi connectivity index (χ0) is 17.7. The highest BCUT2D eigenvalue weighted by molar-refractivity contribution is 5.83. The number of alkyl halides is 3. The monoisotopic (exact) mass is 355 g/mol. The SMILES string of the molecule is O=C(C1CC1c1ccc(C(F)(F)F)cc1)N1CCC2(CC1)OCCO2. The molecular formula is C18H20F3NO3. The first-order valence-corrected chi connectivity index (χ1v) is 8.62. The molecule has 0 N–H and O–H groups in total. The summed E-state index contributed by atoms with van der Waals surface area (Å²) in [6, 6.07) is 5.17. The van der Waals surface area contributed by atoms with Gasteiger partial charge in [0.05, 0.1) is 18.8 Å². The van der Waals surface area contributed by atoms with Gasteiger partial charge in [0.15, 0.2) is 5.79 Å². The minimum Gasteiger partial charge on any atom is -0.347 e. The lowest BCUT2D eigenvalue weighted by atomic mass is 10.0. The third-order valence-electron chi connectivity index (χ3n) is 5.42. The maximum Gasteiger partial charge on any atom is 0.416 e. The van der Waals surface area contributed by atoms with Gasteiger partial charge in [0.25, 0.3) is 0 Å². The fraction of sp³-hybridized carbons (Fsp3) is 0.611. The molecule has 25 heavy (non-hydrogen) atoms. The highest BCUT2D eigenvalue weighted by atomic mass is 19.4. The van der Waals surface area contributed by atoms with Gasteiger partial charge in [-0.15, -0.1) is 0 Å². The number of carbonyl (C=O) groups is 1. The van der Waals surface area contributed by atoms with Crippen LogP contribution >= 0.6 is 0 Å². The van der Waals surface area contributed by atoms with Crippen LogP contribution in [0, 0.1) is 5.92 Å². The molecular weight excluding hydrogens is 335 g/mol. The van der Waals surface area contributed by atoms with Crippen LogP contribution in [0.4, 0.5) is 13.2 Å². The Balaban J connectivity index is 1.34. The number of piperidine rings is 1. The Kier molecular flexibility index (Phi) is 4.03. The number of hydrogen-bond acceptors (Lipinski definition) is 3. The summed E-state index contributed by atoms with van der Waals surface area (Å²) < 4.78 is 49.2. The summed E-state index contributed by atoms with van der Waals surface area (Å²) in [5.74, 6) is -0.494. The molecule has 4 rings (SSSR count). The van der Waals surface area contributed by atoms with E-state index in [0.29, 0.717) is 45.6 Å². The second-order valence-corrected chi connectivity index (χ2v) is 7.00. The summed E-state index contributed by atoms with van der Waals surface area (Å²) >= 11 is 0. The number of likely N-dealkylation sites (tertiary alicyclic amines) is 1. The van der Waals surface area contributed by atoms with Crippen molar-refractivity contribution in [2.45, 2.75) is 37.1 Å². The molecule has 1 aromatic rings. The number of benzene rings is 1. The number of rotatable bonds is 2. The van der Waals surface area contributed by atoms with Gasteiger partial charge in [-0.2, -0.15) is 13.2 Å². The molecule has 0 aromatic heterocycles. The van der Waals surface area contributed by atoms with E-state index in [0.717, 1.165) is 17.7 Å². The fourth-order valence-electron chi connectivity index (χ4n) is 3.84. The second-order valence-electron chi connectivity index (χ2n) is 7.00. The molecule has 7 heteroatoms. The van der Waals surface area contributed by atoms with Crippen LogP contribution in [0.2, 0.25) is 0 Å². The molecule has 2 heterocycles. The number of halogens is 3. The standard InChI is InChI=1S/C18H20F3NO3/c19-18(20,21)13-3-1-12(2-4-13)14-11-15(14)16(23)22-7-5-17(6-8-22)24-9-10-25-17/h1-4,14-15H,5-11H2. The molecule has 1 aliphatic carbocycles. The van der Waals surface area contributed by atoms with Gasteiger partial charge in [0.1, 0.15) is 0 Å². The third kappa shape index (κ3) is 3.27. The van der Waals surface area contributed by atoms with Crippen LogP contribution in [-0.4, -0.2) is 42.9 Å². The molecule has 2 aliphatic heterocycles. The van der Waals surface area contributed by atoms with Crippen molar-refractivity contribution in [3.05, 3.63) is 35.4 Å². The molecule has 3 aliphatic rings. The van der Waals surface area contributed by atoms with E-state index in [1.165, 1.54) is 12.1 Å². The molecule has 0 bridgehead atoms. The number of carbonyl (C=O) groups excluding carboxylic acids is 1. The van der Waals surface area contributed by atoms with Crippen LogP contribution < -0.4 is 0 Å². The van der Waals surface area contributed by atoms with E-state index >= 15 is 0 Å². The van der Waals surface area contributed by atoms with Crippen LogP contribution in [0.25, 0.3) is 0 Å². The van der Waals surface area contributed by atoms with Crippen molar-refractivity contribution in [3.63, 3.8) is 0 Å². The lowest BCUT2D eigenvalue weighted by Gasteiger charge is -2.37. The van der Waals surface area contributed by atoms with Crippen molar-refractivity contribution in [1.82, 2.24) is 4.90 Å². The molecule has 3 fully saturated rings. The maximum atomic E-state index is 12.6. The van der Waals surface area contributed by atoms with E-state index in [2.05, 4.69) is 0 Å². The van der Waals surface area contributed by atoms with Crippen molar-refractivity contribution in [2.24, 2.45) is 5.92 Å². The van der Waals surface area contributed by atoms with Crippen LogP contribution in [0.3, 0.4) is 0 Å². The molecule has 2 unspecified atom stereocenters. The first kappa shape index (κ1) is 16.8. The normalized spacial score (nSPS) is 28.4. The molecule has 136 valence electrons. The Morgan fingerprint density at radius 3 is 2.24 bits per heavy atom. The fourth-order valence-corrected chi connectivity index (χ4v) is 3.84.